The van der Waals surface area contributed by atoms with Crippen molar-refractivity contribution < 1.29 is 9.53 Å². The van der Waals surface area contributed by atoms with Gasteiger partial charge in [-0.15, -0.1) is 0 Å². The number of fused-ring (bicyclic) bond motifs is 2. The second-order valence-electron chi connectivity index (χ2n) is 5.45. The van der Waals surface area contributed by atoms with Crippen LogP contribution in [0.15, 0.2) is 0 Å². The minimum atomic E-state index is 0.270. The molecular formula is C13H20O2. The molecule has 3 atom stereocenters. The summed E-state index contributed by atoms with van der Waals surface area (Å²) in [5, 5.41) is 0. The molecule has 0 aromatic heterocycles. The first-order valence-corrected chi connectivity index (χ1v) is 6.54. The van der Waals surface area contributed by atoms with Crippen molar-refractivity contribution in [2.24, 2.45) is 11.8 Å². The summed E-state index contributed by atoms with van der Waals surface area (Å²) < 4.78 is 5.78. The van der Waals surface area contributed by atoms with E-state index < -0.39 is 0 Å². The van der Waals surface area contributed by atoms with E-state index in [-0.39, 0.29) is 5.92 Å². The summed E-state index contributed by atoms with van der Waals surface area (Å²) >= 11 is 0. The summed E-state index contributed by atoms with van der Waals surface area (Å²) in [6.45, 7) is 0. The van der Waals surface area contributed by atoms with Crippen LogP contribution in [0.25, 0.3) is 0 Å². The van der Waals surface area contributed by atoms with Gasteiger partial charge in [0.25, 0.3) is 0 Å². The summed E-state index contributed by atoms with van der Waals surface area (Å²) in [5.74, 6) is 1.19. The zero-order valence-corrected chi connectivity index (χ0v) is 9.28. The molecule has 0 aromatic rings. The zero-order chi connectivity index (χ0) is 10.3. The van der Waals surface area contributed by atoms with Crippen LogP contribution in [0.5, 0.6) is 0 Å². The highest BCUT2D eigenvalue weighted by molar-refractivity contribution is 5.84. The van der Waals surface area contributed by atoms with E-state index in [1.807, 2.05) is 0 Å². The lowest BCUT2D eigenvalue weighted by molar-refractivity contribution is -0.129. The number of carbonyl (C=O) groups is 1. The quantitative estimate of drug-likeness (QED) is 0.697. The lowest BCUT2D eigenvalue weighted by atomic mass is 9.76. The van der Waals surface area contributed by atoms with Crippen molar-refractivity contribution in [3.63, 3.8) is 0 Å². The van der Waals surface area contributed by atoms with Crippen molar-refractivity contribution in [3.8, 4) is 0 Å². The smallest absolute Gasteiger partial charge is 0.141 e. The average molecular weight is 208 g/mol. The van der Waals surface area contributed by atoms with Crippen LogP contribution < -0.4 is 0 Å². The fourth-order valence-corrected chi connectivity index (χ4v) is 3.63. The van der Waals surface area contributed by atoms with Crippen molar-refractivity contribution in [3.05, 3.63) is 0 Å². The van der Waals surface area contributed by atoms with Crippen LogP contribution >= 0.6 is 0 Å². The molecule has 3 aliphatic rings. The summed E-state index contributed by atoms with van der Waals surface area (Å²) in [6.07, 6.45) is 10.2. The number of Topliss-reactive ketones (excluding diaryl/α,β-unsaturated/α-hetero) is 1. The molecule has 0 radical (unpaired) electrons. The molecule has 2 saturated heterocycles. The van der Waals surface area contributed by atoms with Crippen LogP contribution in [-0.4, -0.2) is 18.0 Å². The lowest BCUT2D eigenvalue weighted by Gasteiger charge is -2.26. The molecular weight excluding hydrogens is 188 g/mol. The minimum Gasteiger partial charge on any atom is -0.374 e. The third-order valence-electron chi connectivity index (χ3n) is 4.48. The number of ketones is 1. The maximum Gasteiger partial charge on any atom is 0.141 e. The fraction of sp³-hybridized carbons (Fsp3) is 0.923. The third-order valence-corrected chi connectivity index (χ3v) is 4.48. The van der Waals surface area contributed by atoms with Crippen LogP contribution in [-0.2, 0) is 9.53 Å². The van der Waals surface area contributed by atoms with Crippen molar-refractivity contribution in [1.29, 1.82) is 0 Å². The average Bonchev–Trinajstić information content (AvgIpc) is 2.91. The molecule has 0 spiro atoms. The van der Waals surface area contributed by atoms with Crippen LogP contribution in [0.2, 0.25) is 0 Å². The highest BCUT2D eigenvalue weighted by atomic mass is 16.5. The van der Waals surface area contributed by atoms with Gasteiger partial charge in [0.05, 0.1) is 12.2 Å². The Morgan fingerprint density at radius 3 is 2.40 bits per heavy atom. The number of ether oxygens (including phenoxy) is 1. The van der Waals surface area contributed by atoms with Crippen LogP contribution in [0.3, 0.4) is 0 Å². The largest absolute Gasteiger partial charge is 0.374 e. The molecule has 2 aliphatic heterocycles. The molecule has 0 N–H and O–H groups in total. The Kier molecular flexibility index (Phi) is 2.55. The van der Waals surface area contributed by atoms with Crippen LogP contribution in [0.4, 0.5) is 0 Å². The van der Waals surface area contributed by atoms with Gasteiger partial charge in [0.2, 0.25) is 0 Å². The molecule has 3 fully saturated rings. The molecule has 2 nitrogen and oxygen atoms in total. The molecule has 2 heterocycles. The number of rotatable bonds is 2. The van der Waals surface area contributed by atoms with Gasteiger partial charge >= 0.3 is 0 Å². The van der Waals surface area contributed by atoms with E-state index in [4.69, 9.17) is 4.74 Å². The molecule has 0 aromatic carbocycles. The Bertz CT molecular complexity index is 255. The summed E-state index contributed by atoms with van der Waals surface area (Å²) in [7, 11) is 0. The maximum atomic E-state index is 12.3. The Hall–Kier alpha value is -0.370. The Balaban J connectivity index is 1.64. The lowest BCUT2D eigenvalue weighted by Crippen LogP contribution is -2.31. The minimum absolute atomic E-state index is 0.270. The molecule has 84 valence electrons. The highest BCUT2D eigenvalue weighted by Gasteiger charge is 2.45. The first-order chi connectivity index (χ1) is 7.34. The Morgan fingerprint density at radius 2 is 1.80 bits per heavy atom. The standard InChI is InChI=1S/C13H20O2/c14-13(9-4-2-1-3-5-9)11-8-10-6-7-12(11)15-10/h9-12H,1-8H2. The zero-order valence-electron chi connectivity index (χ0n) is 9.28. The SMILES string of the molecule is O=C(C1CCCCC1)C1CC2CCC1O2. The maximum absolute atomic E-state index is 12.3. The summed E-state index contributed by atoms with van der Waals surface area (Å²) in [6, 6.07) is 0. The predicted molar refractivity (Wildman–Crippen MR) is 57.6 cm³/mol. The van der Waals surface area contributed by atoms with Gasteiger partial charge in [0, 0.05) is 11.8 Å². The van der Waals surface area contributed by atoms with E-state index in [0.717, 1.165) is 25.7 Å². The third kappa shape index (κ3) is 1.73. The van der Waals surface area contributed by atoms with E-state index in [1.54, 1.807) is 0 Å². The fourth-order valence-electron chi connectivity index (χ4n) is 3.63. The number of carbonyl (C=O) groups excluding carboxylic acids is 1. The van der Waals surface area contributed by atoms with Gasteiger partial charge in [-0.3, -0.25) is 4.79 Å². The van der Waals surface area contributed by atoms with Crippen molar-refractivity contribution in [1.82, 2.24) is 0 Å². The highest BCUT2D eigenvalue weighted by Crippen LogP contribution is 2.41. The van der Waals surface area contributed by atoms with E-state index >= 15 is 0 Å². The van der Waals surface area contributed by atoms with Crippen LogP contribution in [0.1, 0.15) is 51.4 Å². The van der Waals surface area contributed by atoms with Gasteiger partial charge in [0.1, 0.15) is 5.78 Å². The van der Waals surface area contributed by atoms with E-state index in [1.165, 1.54) is 25.7 Å². The molecule has 2 bridgehead atoms. The predicted octanol–water partition coefficient (Wildman–Crippen LogP) is 2.70. The molecule has 3 unspecified atom stereocenters. The van der Waals surface area contributed by atoms with Crippen molar-refractivity contribution >= 4 is 5.78 Å². The normalized spacial score (nSPS) is 40.9. The van der Waals surface area contributed by atoms with Crippen LogP contribution in [0, 0.1) is 11.8 Å². The number of hydrogen-bond acceptors (Lipinski definition) is 2. The second-order valence-corrected chi connectivity index (χ2v) is 5.45. The monoisotopic (exact) mass is 208 g/mol. The Labute approximate surface area is 91.4 Å². The molecule has 0 amide bonds. The summed E-state index contributed by atoms with van der Waals surface area (Å²) in [5.41, 5.74) is 0. The molecule has 3 rings (SSSR count). The van der Waals surface area contributed by atoms with Gasteiger partial charge in [-0.05, 0) is 32.1 Å². The summed E-state index contributed by atoms with van der Waals surface area (Å²) in [4.78, 5) is 12.3. The van der Waals surface area contributed by atoms with E-state index in [9.17, 15) is 4.79 Å². The van der Waals surface area contributed by atoms with Gasteiger partial charge in [-0.2, -0.15) is 0 Å². The molecule has 1 saturated carbocycles. The first-order valence-electron chi connectivity index (χ1n) is 6.54. The van der Waals surface area contributed by atoms with Gasteiger partial charge in [-0.1, -0.05) is 19.3 Å². The topological polar surface area (TPSA) is 26.3 Å². The second kappa shape index (κ2) is 3.89. The van der Waals surface area contributed by atoms with Gasteiger partial charge < -0.3 is 4.74 Å². The molecule has 15 heavy (non-hydrogen) atoms. The van der Waals surface area contributed by atoms with Gasteiger partial charge in [0.15, 0.2) is 0 Å². The van der Waals surface area contributed by atoms with E-state index in [2.05, 4.69) is 0 Å². The van der Waals surface area contributed by atoms with E-state index in [0.29, 0.717) is 23.9 Å². The molecule has 2 heteroatoms. The van der Waals surface area contributed by atoms with Crippen molar-refractivity contribution in [2.75, 3.05) is 0 Å². The van der Waals surface area contributed by atoms with Gasteiger partial charge in [-0.25, -0.2) is 0 Å². The molecule has 1 aliphatic carbocycles. The first kappa shape index (κ1) is 9.83. The number of hydrogen-bond donors (Lipinski definition) is 0. The Morgan fingerprint density at radius 1 is 1.00 bits per heavy atom. The van der Waals surface area contributed by atoms with Crippen molar-refractivity contribution in [2.45, 2.75) is 63.6 Å².